The van der Waals surface area contributed by atoms with E-state index in [9.17, 15) is 0 Å². The van der Waals surface area contributed by atoms with Crippen LogP contribution >= 0.6 is 0 Å². The second-order valence-corrected chi connectivity index (χ2v) is 20.1. The molecule has 3 aromatic heterocycles. The van der Waals surface area contributed by atoms with Crippen LogP contribution in [0, 0.1) is 18.1 Å². The number of hydrogen-bond acceptors (Lipinski definition) is 3. The van der Waals surface area contributed by atoms with Crippen LogP contribution in [-0.4, -0.2) is 18.0 Å². The van der Waals surface area contributed by atoms with E-state index in [4.69, 9.17) is 4.42 Å². The minimum Gasteiger partial charge on any atom is -0.501 e. The quantitative estimate of drug-likeness (QED) is 0.118. The summed E-state index contributed by atoms with van der Waals surface area (Å²) in [6, 6.07) is 42.3. The average molecular weight is 863 g/mol. The Morgan fingerprint density at radius 3 is 2.27 bits per heavy atom. The molecule has 0 atom stereocenters. The zero-order valence-electron chi connectivity index (χ0n) is 30.3. The van der Waals surface area contributed by atoms with Crippen molar-refractivity contribution in [2.75, 3.05) is 0 Å². The monoisotopic (exact) mass is 863 g/mol. The van der Waals surface area contributed by atoms with Gasteiger partial charge in [0.1, 0.15) is 5.58 Å². The van der Waals surface area contributed by atoms with Crippen LogP contribution in [0.3, 0.4) is 0 Å². The summed E-state index contributed by atoms with van der Waals surface area (Å²) in [7, 11) is -1.34. The summed E-state index contributed by atoms with van der Waals surface area (Å²) in [4.78, 5) is 9.34. The Morgan fingerprint density at radius 2 is 1.55 bits per heavy atom. The van der Waals surface area contributed by atoms with Crippen LogP contribution in [0.2, 0.25) is 19.6 Å². The predicted octanol–water partition coefficient (Wildman–Crippen LogP) is 12.1. The maximum absolute atomic E-state index is 6.40. The second kappa shape index (κ2) is 16.0. The van der Waals surface area contributed by atoms with Crippen molar-refractivity contribution in [1.29, 1.82) is 0 Å². The van der Waals surface area contributed by atoms with E-state index in [1.54, 1.807) is 0 Å². The predicted molar refractivity (Wildman–Crippen MR) is 212 cm³/mol. The molecular formula is C46H46IrN2OSi-2. The molecule has 1 saturated carbocycles. The van der Waals surface area contributed by atoms with Crippen molar-refractivity contribution in [2.24, 2.45) is 5.92 Å². The first-order valence-electron chi connectivity index (χ1n) is 18.1. The molecule has 0 amide bonds. The maximum atomic E-state index is 6.40. The van der Waals surface area contributed by atoms with Gasteiger partial charge in [-0.3, -0.25) is 0 Å². The van der Waals surface area contributed by atoms with Gasteiger partial charge in [0.15, 0.2) is 0 Å². The molecule has 7 aromatic rings. The molecule has 3 heterocycles. The molecule has 5 heteroatoms. The fourth-order valence-electron chi connectivity index (χ4n) is 7.30. The van der Waals surface area contributed by atoms with Crippen molar-refractivity contribution in [3.63, 3.8) is 0 Å². The van der Waals surface area contributed by atoms with E-state index in [0.717, 1.165) is 62.4 Å². The van der Waals surface area contributed by atoms with E-state index in [-0.39, 0.29) is 20.1 Å². The first kappa shape index (κ1) is 36.6. The van der Waals surface area contributed by atoms with Gasteiger partial charge in [-0.25, -0.2) is 0 Å². The molecule has 0 saturated heterocycles. The Hall–Kier alpha value is -4.15. The maximum Gasteiger partial charge on any atom is 0.121 e. The summed E-state index contributed by atoms with van der Waals surface area (Å²) in [6.45, 7) is 11.7. The number of pyridine rings is 2. The molecule has 1 aliphatic carbocycles. The number of rotatable bonds is 7. The van der Waals surface area contributed by atoms with Crippen molar-refractivity contribution < 1.29 is 24.5 Å². The van der Waals surface area contributed by atoms with E-state index >= 15 is 0 Å². The summed E-state index contributed by atoms with van der Waals surface area (Å²) in [5.74, 6) is 1.35. The number of furan rings is 1. The van der Waals surface area contributed by atoms with E-state index < -0.39 is 8.07 Å². The zero-order valence-corrected chi connectivity index (χ0v) is 33.7. The van der Waals surface area contributed by atoms with Crippen LogP contribution in [0.5, 0.6) is 0 Å². The molecule has 261 valence electrons. The Kier molecular flexibility index (Phi) is 11.5. The van der Waals surface area contributed by atoms with Crippen LogP contribution in [0.1, 0.15) is 56.6 Å². The summed E-state index contributed by atoms with van der Waals surface area (Å²) >= 11 is 0. The molecule has 1 aliphatic rings. The molecule has 8 rings (SSSR count). The molecule has 1 radical (unpaired) electrons. The molecule has 0 N–H and O–H groups in total. The molecular weight excluding hydrogens is 817 g/mol. The van der Waals surface area contributed by atoms with Gasteiger partial charge in [-0.1, -0.05) is 136 Å². The van der Waals surface area contributed by atoms with Crippen LogP contribution in [0.25, 0.3) is 55.6 Å². The van der Waals surface area contributed by atoms with Gasteiger partial charge < -0.3 is 14.4 Å². The summed E-state index contributed by atoms with van der Waals surface area (Å²) in [5, 5.41) is 3.72. The Labute approximate surface area is 317 Å². The Morgan fingerprint density at radius 1 is 0.765 bits per heavy atom. The van der Waals surface area contributed by atoms with Crippen LogP contribution in [-0.2, 0) is 26.5 Å². The Bertz CT molecular complexity index is 2210. The van der Waals surface area contributed by atoms with Crippen LogP contribution in [0.15, 0.2) is 120 Å². The SMILES string of the molecule is CC(C)c1cc(-c2[c-]cccc2)ncc1[Si](C)(C)C.[Ir].[c-]1ccc2c(oc3cc(-c4ccccc4)ccc32)c1-c1cc(CC2CCCC2)ccn1. The van der Waals surface area contributed by atoms with Crippen molar-refractivity contribution in [3.8, 4) is 33.6 Å². The normalized spacial score (nSPS) is 13.3. The number of aromatic nitrogens is 2. The van der Waals surface area contributed by atoms with Gasteiger partial charge in [-0.2, -0.15) is 0 Å². The number of nitrogens with zero attached hydrogens (tertiary/aromatic N) is 2. The number of hydrogen-bond donors (Lipinski definition) is 0. The van der Waals surface area contributed by atoms with Crippen molar-refractivity contribution in [3.05, 3.63) is 139 Å². The smallest absolute Gasteiger partial charge is 0.121 e. The molecule has 51 heavy (non-hydrogen) atoms. The van der Waals surface area contributed by atoms with E-state index in [0.29, 0.717) is 5.92 Å². The second-order valence-electron chi connectivity index (χ2n) is 15.0. The number of fused-ring (bicyclic) bond motifs is 3. The summed E-state index contributed by atoms with van der Waals surface area (Å²) < 4.78 is 6.40. The summed E-state index contributed by atoms with van der Waals surface area (Å²) in [5.41, 5.74) is 10.9. The fourth-order valence-corrected chi connectivity index (χ4v) is 8.98. The third-order valence-electron chi connectivity index (χ3n) is 9.97. The molecule has 0 bridgehead atoms. The first-order valence-corrected chi connectivity index (χ1v) is 21.6. The van der Waals surface area contributed by atoms with Gasteiger partial charge in [0.25, 0.3) is 0 Å². The van der Waals surface area contributed by atoms with Gasteiger partial charge in [-0.15, -0.1) is 54.1 Å². The minimum absolute atomic E-state index is 0. The third-order valence-corrected chi connectivity index (χ3v) is 12.0. The van der Waals surface area contributed by atoms with E-state index in [1.165, 1.54) is 47.6 Å². The standard InChI is InChI=1S/C29H24NO.C17H22NSi.Ir/c1-2-9-22(10-3-1)23-13-14-24-25-11-6-12-26(29(25)31-28(24)19-23)27-18-21(15-16-30-27)17-20-7-4-5-8-20;1-13(2)15-11-16(14-9-7-6-8-10-14)18-12-17(15)19(3,4)5;/h1-3,6,9-11,13-16,18-20H,4-5,7-8,17H2;6-9,11-13H,1-5H3;/q2*-1;. The largest absolute Gasteiger partial charge is 0.501 e. The van der Waals surface area contributed by atoms with Gasteiger partial charge in [0, 0.05) is 37.9 Å². The molecule has 1 fully saturated rings. The summed E-state index contributed by atoms with van der Waals surface area (Å²) in [6.07, 6.45) is 10.6. The number of benzene rings is 4. The van der Waals surface area contributed by atoms with E-state index in [2.05, 4.69) is 135 Å². The van der Waals surface area contributed by atoms with Gasteiger partial charge in [-0.05, 0) is 58.1 Å². The minimum atomic E-state index is -1.34. The zero-order chi connectivity index (χ0) is 34.7. The third kappa shape index (κ3) is 8.33. The molecule has 3 nitrogen and oxygen atoms in total. The van der Waals surface area contributed by atoms with Crippen molar-refractivity contribution in [1.82, 2.24) is 9.97 Å². The molecule has 0 unspecified atom stereocenters. The van der Waals surface area contributed by atoms with Crippen LogP contribution < -0.4 is 5.19 Å². The molecule has 4 aromatic carbocycles. The van der Waals surface area contributed by atoms with Gasteiger partial charge >= 0.3 is 0 Å². The van der Waals surface area contributed by atoms with E-state index in [1.807, 2.05) is 36.5 Å². The first-order chi connectivity index (χ1) is 24.2. The van der Waals surface area contributed by atoms with Gasteiger partial charge in [0.05, 0.1) is 13.7 Å². The average Bonchev–Trinajstić information content (AvgIpc) is 3.79. The molecule has 0 spiro atoms. The fraction of sp³-hybridized carbons (Fsp3) is 0.261. The van der Waals surface area contributed by atoms with Gasteiger partial charge in [0.2, 0.25) is 0 Å². The van der Waals surface area contributed by atoms with Crippen molar-refractivity contribution in [2.45, 2.75) is 71.5 Å². The van der Waals surface area contributed by atoms with Crippen LogP contribution in [0.4, 0.5) is 0 Å². The molecule has 0 aliphatic heterocycles. The topological polar surface area (TPSA) is 38.9 Å². The Balaban J connectivity index is 0.000000194. The van der Waals surface area contributed by atoms with Crippen molar-refractivity contribution >= 4 is 35.2 Å².